The number of sulfonamides is 1. The number of hydrogen-bond donors (Lipinski definition) is 1. The lowest BCUT2D eigenvalue weighted by Gasteiger charge is -2.49. The van der Waals surface area contributed by atoms with Gasteiger partial charge in [0.05, 0.1) is 12.2 Å². The number of nitrogens with zero attached hydrogens (tertiary/aromatic N) is 5. The summed E-state index contributed by atoms with van der Waals surface area (Å²) in [5, 5.41) is 15.4. The van der Waals surface area contributed by atoms with Crippen molar-refractivity contribution in [3.8, 4) is 0 Å². The van der Waals surface area contributed by atoms with Gasteiger partial charge in [-0.05, 0) is 18.9 Å². The summed E-state index contributed by atoms with van der Waals surface area (Å²) in [5.74, 6) is 0.425. The standard InChI is InChI=1S/C20H25FN6O3S/c1-19(2)10-13(28)15-16(17(19)21)23-18-12(11-22-24-18)20(15)5-8-27(9-6-20)31(29,30)14-4-7-26(3)25-14/h4,7,17,23H,5-6,8-11H2,1-3H3/t17-/m1/s1. The molecule has 1 aromatic rings. The number of carbonyl (C=O) groups excluding carboxylic acids is 1. The highest BCUT2D eigenvalue weighted by Crippen LogP contribution is 2.55. The third-order valence-corrected chi connectivity index (χ3v) is 8.76. The molecule has 0 amide bonds. The van der Waals surface area contributed by atoms with Gasteiger partial charge in [0.2, 0.25) is 0 Å². The smallest absolute Gasteiger partial charge is 0.262 e. The number of alkyl halides is 1. The molecule has 3 aliphatic heterocycles. The predicted octanol–water partition coefficient (Wildman–Crippen LogP) is 2.06. The van der Waals surface area contributed by atoms with Crippen molar-refractivity contribution in [3.05, 3.63) is 34.9 Å². The number of Topliss-reactive ketones (excluding diaryl/α,β-unsaturated/α-hetero) is 1. The van der Waals surface area contributed by atoms with Gasteiger partial charge in [0.1, 0.15) is 6.17 Å². The van der Waals surface area contributed by atoms with Crippen LogP contribution in [0.4, 0.5) is 4.39 Å². The molecular weight excluding hydrogens is 423 g/mol. The molecule has 1 spiro atoms. The van der Waals surface area contributed by atoms with Crippen molar-refractivity contribution >= 4 is 15.8 Å². The van der Waals surface area contributed by atoms with Gasteiger partial charge in [0, 0.05) is 54.7 Å². The molecule has 0 aromatic carbocycles. The van der Waals surface area contributed by atoms with Crippen LogP contribution in [0.2, 0.25) is 0 Å². The number of aryl methyl sites for hydroxylation is 1. The number of carbonyl (C=O) groups is 1. The maximum absolute atomic E-state index is 15.5. The number of azo groups is 1. The summed E-state index contributed by atoms with van der Waals surface area (Å²) in [6, 6.07) is 1.47. The van der Waals surface area contributed by atoms with Crippen LogP contribution in [0, 0.1) is 10.8 Å². The number of fused-ring (bicyclic) bond motifs is 2. The SMILES string of the molecule is Cn1ccc(S(=O)(=O)N2CCC3(CC2)C2=C(N=NC2)NC2=C3C(=O)CC(C)(C)[C@@H]2F)n1. The largest absolute Gasteiger partial charge is 0.339 e. The second-order valence-electron chi connectivity index (χ2n) is 9.41. The first-order valence-corrected chi connectivity index (χ1v) is 11.8. The number of hydrogen-bond acceptors (Lipinski definition) is 7. The van der Waals surface area contributed by atoms with E-state index in [1.54, 1.807) is 27.1 Å². The van der Waals surface area contributed by atoms with Crippen LogP contribution in [-0.2, 0) is 21.9 Å². The number of piperidine rings is 1. The first-order chi connectivity index (χ1) is 14.6. The average molecular weight is 449 g/mol. The van der Waals surface area contributed by atoms with E-state index in [2.05, 4.69) is 20.6 Å². The molecule has 1 N–H and O–H groups in total. The molecule has 1 aromatic heterocycles. The van der Waals surface area contributed by atoms with Crippen molar-refractivity contribution in [2.75, 3.05) is 19.6 Å². The van der Waals surface area contributed by atoms with E-state index in [-0.39, 0.29) is 36.0 Å². The Kier molecular flexibility index (Phi) is 4.33. The minimum Gasteiger partial charge on any atom is -0.339 e. The topological polar surface area (TPSA) is 109 Å². The lowest BCUT2D eigenvalue weighted by molar-refractivity contribution is -0.121. The Balaban J connectivity index is 1.53. The molecule has 166 valence electrons. The van der Waals surface area contributed by atoms with Crippen molar-refractivity contribution in [2.45, 2.75) is 44.3 Å². The van der Waals surface area contributed by atoms with Gasteiger partial charge in [-0.2, -0.15) is 14.5 Å². The molecule has 0 bridgehead atoms. The van der Waals surface area contributed by atoms with Crippen molar-refractivity contribution in [3.63, 3.8) is 0 Å². The fourth-order valence-electron chi connectivity index (χ4n) is 5.30. The van der Waals surface area contributed by atoms with Crippen molar-refractivity contribution in [1.29, 1.82) is 0 Å². The number of rotatable bonds is 2. The lowest BCUT2D eigenvalue weighted by Crippen LogP contribution is -2.53. The van der Waals surface area contributed by atoms with Gasteiger partial charge >= 0.3 is 0 Å². The molecule has 5 rings (SSSR count). The summed E-state index contributed by atoms with van der Waals surface area (Å²) in [7, 11) is -2.08. The van der Waals surface area contributed by atoms with E-state index in [9.17, 15) is 13.2 Å². The molecule has 1 fully saturated rings. The zero-order valence-electron chi connectivity index (χ0n) is 17.7. The van der Waals surface area contributed by atoms with Crippen LogP contribution in [-0.4, -0.2) is 54.1 Å². The maximum Gasteiger partial charge on any atom is 0.262 e. The molecule has 0 saturated carbocycles. The molecule has 9 nitrogen and oxygen atoms in total. The van der Waals surface area contributed by atoms with Crippen LogP contribution in [0.15, 0.2) is 50.2 Å². The second kappa shape index (κ2) is 6.55. The number of aromatic nitrogens is 2. The number of allylic oxidation sites excluding steroid dienone is 2. The van der Waals surface area contributed by atoms with Gasteiger partial charge < -0.3 is 5.32 Å². The number of dihydropyridines is 1. The molecule has 4 heterocycles. The highest BCUT2D eigenvalue weighted by atomic mass is 32.2. The van der Waals surface area contributed by atoms with E-state index < -0.39 is 27.0 Å². The molecule has 1 saturated heterocycles. The van der Waals surface area contributed by atoms with Crippen LogP contribution in [0.1, 0.15) is 33.1 Å². The fourth-order valence-corrected chi connectivity index (χ4v) is 6.70. The Labute approximate surface area is 180 Å². The Morgan fingerprint density at radius 2 is 1.97 bits per heavy atom. The van der Waals surface area contributed by atoms with Gasteiger partial charge in [0.15, 0.2) is 16.6 Å². The minimum atomic E-state index is -3.74. The van der Waals surface area contributed by atoms with Gasteiger partial charge in [-0.25, -0.2) is 12.8 Å². The average Bonchev–Trinajstić information content (AvgIpc) is 3.36. The number of halogens is 1. The summed E-state index contributed by atoms with van der Waals surface area (Å²) in [5.41, 5.74) is 0.0394. The van der Waals surface area contributed by atoms with E-state index in [4.69, 9.17) is 0 Å². The Morgan fingerprint density at radius 1 is 1.26 bits per heavy atom. The van der Waals surface area contributed by atoms with Crippen molar-refractivity contribution < 1.29 is 17.6 Å². The summed E-state index contributed by atoms with van der Waals surface area (Å²) in [6.45, 7) is 4.24. The molecule has 1 atom stereocenters. The predicted molar refractivity (Wildman–Crippen MR) is 109 cm³/mol. The summed E-state index contributed by atoms with van der Waals surface area (Å²) in [6.07, 6.45) is 1.12. The van der Waals surface area contributed by atoms with Crippen LogP contribution in [0.3, 0.4) is 0 Å². The van der Waals surface area contributed by atoms with E-state index in [0.29, 0.717) is 30.8 Å². The molecule has 31 heavy (non-hydrogen) atoms. The Hall–Kier alpha value is -2.40. The highest BCUT2D eigenvalue weighted by molar-refractivity contribution is 7.89. The molecule has 1 aliphatic carbocycles. The van der Waals surface area contributed by atoms with Crippen LogP contribution < -0.4 is 5.32 Å². The molecule has 0 radical (unpaired) electrons. The fraction of sp³-hybridized carbons (Fsp3) is 0.600. The van der Waals surface area contributed by atoms with Crippen LogP contribution in [0.25, 0.3) is 0 Å². The number of ketones is 1. The Morgan fingerprint density at radius 3 is 2.61 bits per heavy atom. The van der Waals surface area contributed by atoms with Crippen molar-refractivity contribution in [2.24, 2.45) is 28.1 Å². The summed E-state index contributed by atoms with van der Waals surface area (Å²) in [4.78, 5) is 13.3. The van der Waals surface area contributed by atoms with E-state index in [0.717, 1.165) is 5.57 Å². The van der Waals surface area contributed by atoms with E-state index in [1.807, 2.05) is 0 Å². The van der Waals surface area contributed by atoms with Crippen molar-refractivity contribution in [1.82, 2.24) is 19.4 Å². The quantitative estimate of drug-likeness (QED) is 0.745. The van der Waals surface area contributed by atoms with Gasteiger partial charge in [-0.3, -0.25) is 9.48 Å². The van der Waals surface area contributed by atoms with Gasteiger partial charge in [-0.1, -0.05) is 13.8 Å². The molecule has 11 heteroatoms. The highest BCUT2D eigenvalue weighted by Gasteiger charge is 2.56. The first-order valence-electron chi connectivity index (χ1n) is 10.4. The normalized spacial score (nSPS) is 27.5. The van der Waals surface area contributed by atoms with Crippen LogP contribution >= 0.6 is 0 Å². The third kappa shape index (κ3) is 2.85. The minimum absolute atomic E-state index is 0.00116. The van der Waals surface area contributed by atoms with Gasteiger partial charge in [-0.15, -0.1) is 5.11 Å². The summed E-state index contributed by atoms with van der Waals surface area (Å²) < 4.78 is 44.4. The van der Waals surface area contributed by atoms with Gasteiger partial charge in [0.25, 0.3) is 10.0 Å². The monoisotopic (exact) mass is 448 g/mol. The molecular formula is C20H25FN6O3S. The molecule has 4 aliphatic rings. The number of nitrogens with one attached hydrogen (secondary N) is 1. The summed E-state index contributed by atoms with van der Waals surface area (Å²) >= 11 is 0. The maximum atomic E-state index is 15.5. The molecule has 0 unspecified atom stereocenters. The second-order valence-corrected chi connectivity index (χ2v) is 11.3. The van der Waals surface area contributed by atoms with E-state index in [1.165, 1.54) is 15.1 Å². The zero-order valence-corrected chi connectivity index (χ0v) is 18.5. The van der Waals surface area contributed by atoms with Crippen LogP contribution in [0.5, 0.6) is 0 Å². The third-order valence-electron chi connectivity index (χ3n) is 6.97. The first kappa shape index (κ1) is 20.5. The zero-order chi connectivity index (χ0) is 22.2. The Bertz CT molecular complexity index is 1170. The van der Waals surface area contributed by atoms with E-state index >= 15 is 4.39 Å². The lowest BCUT2D eigenvalue weighted by atomic mass is 9.59.